The third-order valence-corrected chi connectivity index (χ3v) is 5.13. The number of hydrogen-bond acceptors (Lipinski definition) is 2. The van der Waals surface area contributed by atoms with Gasteiger partial charge < -0.3 is 10.4 Å². The van der Waals surface area contributed by atoms with Crippen molar-refractivity contribution in [3.8, 4) is 16.9 Å². The molecule has 29 heavy (non-hydrogen) atoms. The van der Waals surface area contributed by atoms with Crippen LogP contribution in [-0.4, -0.2) is 11.0 Å². The first kappa shape index (κ1) is 20.7. The van der Waals surface area contributed by atoms with Gasteiger partial charge in [0, 0.05) is 12.1 Å². The Morgan fingerprint density at radius 1 is 0.966 bits per heavy atom. The van der Waals surface area contributed by atoms with Crippen molar-refractivity contribution >= 4 is 11.6 Å². The minimum atomic E-state index is 0.00871. The maximum absolute atomic E-state index is 12.4. The topological polar surface area (TPSA) is 49.3 Å². The van der Waals surface area contributed by atoms with E-state index in [2.05, 4.69) is 50.4 Å². The molecule has 3 nitrogen and oxygen atoms in total. The van der Waals surface area contributed by atoms with E-state index in [0.29, 0.717) is 6.42 Å². The Balaban J connectivity index is 1.60. The average Bonchev–Trinajstić information content (AvgIpc) is 2.66. The van der Waals surface area contributed by atoms with Crippen LogP contribution in [-0.2, 0) is 16.6 Å². The zero-order chi connectivity index (χ0) is 21.0. The second kappa shape index (κ2) is 8.52. The van der Waals surface area contributed by atoms with Gasteiger partial charge in [0.1, 0.15) is 5.75 Å². The first-order chi connectivity index (χ1) is 13.7. The summed E-state index contributed by atoms with van der Waals surface area (Å²) in [5.74, 6) is 0.254. The highest BCUT2D eigenvalue weighted by Crippen LogP contribution is 2.28. The molecule has 0 spiro atoms. The van der Waals surface area contributed by atoms with Crippen LogP contribution in [0.15, 0.2) is 66.7 Å². The number of aryl methyl sites for hydroxylation is 2. The molecule has 0 saturated carbocycles. The number of hydrogen-bond donors (Lipinski definition) is 2. The second-order valence-corrected chi connectivity index (χ2v) is 8.58. The zero-order valence-electron chi connectivity index (χ0n) is 17.6. The standard InChI is InChI=1S/C26H29NO2/c1-18-16-22(13-14-24(18)20-6-5-7-23(28)17-20)27-25(29)15-10-19-8-11-21(12-9-19)26(2,3)4/h5-9,11-14,16-17,28H,10,15H2,1-4H3,(H,27,29). The van der Waals surface area contributed by atoms with E-state index in [1.807, 2.05) is 37.3 Å². The summed E-state index contributed by atoms with van der Waals surface area (Å²) in [6.07, 6.45) is 1.17. The summed E-state index contributed by atoms with van der Waals surface area (Å²) in [5, 5.41) is 12.7. The smallest absolute Gasteiger partial charge is 0.224 e. The Morgan fingerprint density at radius 3 is 2.31 bits per heavy atom. The predicted octanol–water partition coefficient (Wildman–Crippen LogP) is 6.24. The Morgan fingerprint density at radius 2 is 1.69 bits per heavy atom. The minimum Gasteiger partial charge on any atom is -0.508 e. The molecule has 0 fully saturated rings. The van der Waals surface area contributed by atoms with Crippen molar-refractivity contribution in [3.63, 3.8) is 0 Å². The number of rotatable bonds is 5. The normalized spacial score (nSPS) is 11.3. The highest BCUT2D eigenvalue weighted by molar-refractivity contribution is 5.91. The van der Waals surface area contributed by atoms with E-state index in [9.17, 15) is 9.90 Å². The maximum Gasteiger partial charge on any atom is 0.224 e. The third-order valence-electron chi connectivity index (χ3n) is 5.13. The first-order valence-electron chi connectivity index (χ1n) is 10.0. The van der Waals surface area contributed by atoms with Gasteiger partial charge in [-0.1, -0.05) is 63.2 Å². The van der Waals surface area contributed by atoms with Crippen LogP contribution >= 0.6 is 0 Å². The number of phenols is 1. The van der Waals surface area contributed by atoms with Crippen molar-refractivity contribution in [2.24, 2.45) is 0 Å². The number of benzene rings is 3. The van der Waals surface area contributed by atoms with Crippen LogP contribution in [0.2, 0.25) is 0 Å². The van der Waals surface area contributed by atoms with Crippen LogP contribution in [0.1, 0.15) is 43.9 Å². The fourth-order valence-corrected chi connectivity index (χ4v) is 3.39. The van der Waals surface area contributed by atoms with Gasteiger partial charge >= 0.3 is 0 Å². The van der Waals surface area contributed by atoms with Gasteiger partial charge in [0.25, 0.3) is 0 Å². The molecule has 150 valence electrons. The van der Waals surface area contributed by atoms with Crippen LogP contribution in [0.25, 0.3) is 11.1 Å². The Labute approximate surface area is 173 Å². The van der Waals surface area contributed by atoms with Crippen LogP contribution < -0.4 is 5.32 Å². The van der Waals surface area contributed by atoms with Crippen LogP contribution in [0.5, 0.6) is 5.75 Å². The van der Waals surface area contributed by atoms with Crippen molar-refractivity contribution in [2.45, 2.75) is 46.0 Å². The number of carbonyl (C=O) groups is 1. The van der Waals surface area contributed by atoms with E-state index in [1.165, 1.54) is 11.1 Å². The fraction of sp³-hybridized carbons (Fsp3) is 0.269. The van der Waals surface area contributed by atoms with Crippen molar-refractivity contribution in [3.05, 3.63) is 83.4 Å². The molecule has 0 radical (unpaired) electrons. The van der Waals surface area contributed by atoms with Gasteiger partial charge in [-0.2, -0.15) is 0 Å². The Bertz CT molecular complexity index is 998. The monoisotopic (exact) mass is 387 g/mol. The summed E-state index contributed by atoms with van der Waals surface area (Å²) in [6.45, 7) is 8.60. The van der Waals surface area contributed by atoms with E-state index in [1.54, 1.807) is 12.1 Å². The maximum atomic E-state index is 12.4. The molecule has 0 saturated heterocycles. The molecule has 0 bridgehead atoms. The molecule has 0 unspecified atom stereocenters. The summed E-state index contributed by atoms with van der Waals surface area (Å²) in [6, 6.07) is 21.6. The molecule has 0 heterocycles. The van der Waals surface area contributed by atoms with Crippen molar-refractivity contribution in [1.82, 2.24) is 0 Å². The number of nitrogens with one attached hydrogen (secondary N) is 1. The lowest BCUT2D eigenvalue weighted by molar-refractivity contribution is -0.116. The van der Waals surface area contributed by atoms with E-state index in [-0.39, 0.29) is 17.1 Å². The van der Waals surface area contributed by atoms with Crippen LogP contribution in [0, 0.1) is 6.92 Å². The van der Waals surface area contributed by atoms with E-state index in [0.717, 1.165) is 28.8 Å². The molecular weight excluding hydrogens is 358 g/mol. The van der Waals surface area contributed by atoms with Crippen molar-refractivity contribution in [1.29, 1.82) is 0 Å². The second-order valence-electron chi connectivity index (χ2n) is 8.58. The molecular formula is C26H29NO2. The molecule has 3 aromatic rings. The molecule has 0 atom stereocenters. The predicted molar refractivity (Wildman–Crippen MR) is 120 cm³/mol. The number of carbonyl (C=O) groups excluding carboxylic acids is 1. The number of amides is 1. The quantitative estimate of drug-likeness (QED) is 0.545. The molecule has 3 heteroatoms. The average molecular weight is 388 g/mol. The minimum absolute atomic E-state index is 0.00871. The molecule has 1 amide bonds. The van der Waals surface area contributed by atoms with Crippen LogP contribution in [0.4, 0.5) is 5.69 Å². The van der Waals surface area contributed by atoms with Crippen LogP contribution in [0.3, 0.4) is 0 Å². The summed E-state index contributed by atoms with van der Waals surface area (Å²) in [4.78, 5) is 12.4. The molecule has 0 aliphatic rings. The van der Waals surface area contributed by atoms with Gasteiger partial charge in [-0.05, 0) is 70.8 Å². The van der Waals surface area contributed by atoms with Gasteiger partial charge in [-0.3, -0.25) is 4.79 Å². The lowest BCUT2D eigenvalue weighted by atomic mass is 9.86. The van der Waals surface area contributed by atoms with Crippen molar-refractivity contribution < 1.29 is 9.90 Å². The molecule has 0 aliphatic heterocycles. The largest absolute Gasteiger partial charge is 0.508 e. The van der Waals surface area contributed by atoms with E-state index < -0.39 is 0 Å². The van der Waals surface area contributed by atoms with Gasteiger partial charge in [-0.25, -0.2) is 0 Å². The van der Waals surface area contributed by atoms with Gasteiger partial charge in [0.15, 0.2) is 0 Å². The number of anilines is 1. The lowest BCUT2D eigenvalue weighted by Gasteiger charge is -2.19. The summed E-state index contributed by atoms with van der Waals surface area (Å²) in [7, 11) is 0. The number of aromatic hydroxyl groups is 1. The molecule has 3 rings (SSSR count). The summed E-state index contributed by atoms with van der Waals surface area (Å²) in [5.41, 5.74) is 6.44. The summed E-state index contributed by atoms with van der Waals surface area (Å²) >= 11 is 0. The Kier molecular flexibility index (Phi) is 6.07. The van der Waals surface area contributed by atoms with E-state index >= 15 is 0 Å². The van der Waals surface area contributed by atoms with Crippen molar-refractivity contribution in [2.75, 3.05) is 5.32 Å². The molecule has 2 N–H and O–H groups in total. The van der Waals surface area contributed by atoms with Gasteiger partial charge in [0.05, 0.1) is 0 Å². The fourth-order valence-electron chi connectivity index (χ4n) is 3.39. The van der Waals surface area contributed by atoms with Gasteiger partial charge in [0.2, 0.25) is 5.91 Å². The van der Waals surface area contributed by atoms with E-state index in [4.69, 9.17) is 0 Å². The molecule has 0 aliphatic carbocycles. The zero-order valence-corrected chi connectivity index (χ0v) is 17.6. The molecule has 0 aromatic heterocycles. The lowest BCUT2D eigenvalue weighted by Crippen LogP contribution is -2.13. The third kappa shape index (κ3) is 5.47. The van der Waals surface area contributed by atoms with Gasteiger partial charge in [-0.15, -0.1) is 0 Å². The highest BCUT2D eigenvalue weighted by Gasteiger charge is 2.13. The number of phenolic OH excluding ortho intramolecular Hbond substituents is 1. The Hall–Kier alpha value is -3.07. The highest BCUT2D eigenvalue weighted by atomic mass is 16.3. The SMILES string of the molecule is Cc1cc(NC(=O)CCc2ccc(C(C)(C)C)cc2)ccc1-c1cccc(O)c1. The molecule has 3 aromatic carbocycles. The first-order valence-corrected chi connectivity index (χ1v) is 10.0. The summed E-state index contributed by atoms with van der Waals surface area (Å²) < 4.78 is 0.